The lowest BCUT2D eigenvalue weighted by molar-refractivity contribution is -0.142. The van der Waals surface area contributed by atoms with Gasteiger partial charge in [-0.3, -0.25) is 24.1 Å². The molecule has 1 aromatic carbocycles. The zero-order valence-corrected chi connectivity index (χ0v) is 21.5. The summed E-state index contributed by atoms with van der Waals surface area (Å²) in [5.74, 6) is -0.980. The van der Waals surface area contributed by atoms with Gasteiger partial charge in [-0.05, 0) is 43.2 Å². The third-order valence-electron chi connectivity index (χ3n) is 8.63. The van der Waals surface area contributed by atoms with Gasteiger partial charge in [0.1, 0.15) is 11.5 Å². The maximum atomic E-state index is 13.4. The molecular formula is C27H24N2O6S2. The Balaban J connectivity index is 1.28. The Morgan fingerprint density at radius 1 is 1.08 bits per heavy atom. The van der Waals surface area contributed by atoms with E-state index in [9.17, 15) is 19.2 Å². The third kappa shape index (κ3) is 3.34. The van der Waals surface area contributed by atoms with E-state index in [2.05, 4.69) is 4.98 Å². The van der Waals surface area contributed by atoms with Crippen LogP contribution in [0.4, 0.5) is 0 Å². The van der Waals surface area contributed by atoms with E-state index in [-0.39, 0.29) is 58.6 Å². The lowest BCUT2D eigenvalue weighted by atomic mass is 9.69. The lowest BCUT2D eigenvalue weighted by Crippen LogP contribution is -2.42. The summed E-state index contributed by atoms with van der Waals surface area (Å²) in [5, 5.41) is 10.0. The van der Waals surface area contributed by atoms with Gasteiger partial charge in [-0.25, -0.2) is 0 Å². The van der Waals surface area contributed by atoms with Gasteiger partial charge in [-0.1, -0.05) is 41.2 Å². The minimum atomic E-state index is -1.03. The van der Waals surface area contributed by atoms with E-state index >= 15 is 0 Å². The summed E-state index contributed by atoms with van der Waals surface area (Å²) >= 11 is 2.82. The van der Waals surface area contributed by atoms with Gasteiger partial charge in [0.2, 0.25) is 11.8 Å². The molecule has 1 saturated heterocycles. The molecule has 2 aliphatic heterocycles. The molecule has 0 unspecified atom stereocenters. The number of thiazole rings is 1. The minimum absolute atomic E-state index is 0.00172. The van der Waals surface area contributed by atoms with Crippen LogP contribution in [0.25, 0.3) is 11.3 Å². The van der Waals surface area contributed by atoms with Crippen molar-refractivity contribution in [2.45, 2.75) is 36.0 Å². The fourth-order valence-electron chi connectivity index (χ4n) is 7.22. The Labute approximate surface area is 220 Å². The van der Waals surface area contributed by atoms with E-state index in [1.807, 2.05) is 43.3 Å². The summed E-state index contributed by atoms with van der Waals surface area (Å²) in [6.07, 6.45) is 0.534. The van der Waals surface area contributed by atoms with E-state index in [0.29, 0.717) is 0 Å². The molecule has 8 nitrogen and oxygen atoms in total. The fourth-order valence-corrected chi connectivity index (χ4v) is 10.1. The average Bonchev–Trinajstić information content (AvgIpc) is 3.66. The van der Waals surface area contributed by atoms with Crippen molar-refractivity contribution >= 4 is 40.9 Å². The number of carbonyl (C=O) groups excluding carboxylic acids is 2. The summed E-state index contributed by atoms with van der Waals surface area (Å²) in [6.45, 7) is 1.96. The van der Waals surface area contributed by atoms with E-state index in [1.54, 1.807) is 11.8 Å². The second-order valence-corrected chi connectivity index (χ2v) is 12.7. The SMILES string of the molecule is Cc1ccc(-c2ccc([C@H]3c4sc(=O)[nH]c4S[C@H]4[C@@H]5C[C@H]([C@H]6C(=O)N(CCC(=O)O)C(=O)[C@H]56)[C@H]34)o2)cc1. The number of aromatic amines is 1. The molecule has 2 aromatic heterocycles. The molecule has 3 fully saturated rings. The van der Waals surface area contributed by atoms with Crippen LogP contribution < -0.4 is 4.87 Å². The van der Waals surface area contributed by atoms with Gasteiger partial charge >= 0.3 is 10.8 Å². The average molecular weight is 537 g/mol. The highest BCUT2D eigenvalue weighted by Gasteiger charge is 2.69. The highest BCUT2D eigenvalue weighted by molar-refractivity contribution is 8.00. The standard InChI is InChI=1S/C27H24N2O6S2/c1-11-2-4-12(5-3-11)15-6-7-16(35-15)21-18-13-10-14(22(18)36-24-23(21)37-27(34)28-24)20-19(13)25(32)29(26(20)33)9-8-17(30)31/h2-7,13-14,18-22H,8-10H2,1H3,(H,28,34)(H,30,31)/t13-,14+,18+,19+,20+,21+,22-/m0/s1. The Kier molecular flexibility index (Phi) is 5.10. The zero-order valence-electron chi connectivity index (χ0n) is 19.9. The van der Waals surface area contributed by atoms with E-state index in [0.717, 1.165) is 39.0 Å². The molecule has 2 aliphatic carbocycles. The van der Waals surface area contributed by atoms with Crippen molar-refractivity contribution < 1.29 is 23.9 Å². The molecule has 2 amide bonds. The van der Waals surface area contributed by atoms with Crippen molar-refractivity contribution in [1.29, 1.82) is 0 Å². The fraction of sp³-hybridized carbons (Fsp3) is 0.407. The molecule has 7 rings (SSSR count). The highest BCUT2D eigenvalue weighted by atomic mass is 32.2. The molecule has 2 N–H and O–H groups in total. The number of nitrogens with one attached hydrogen (secondary N) is 1. The molecule has 7 atom stereocenters. The molecule has 2 bridgehead atoms. The Morgan fingerprint density at radius 3 is 2.54 bits per heavy atom. The summed E-state index contributed by atoms with van der Waals surface area (Å²) in [7, 11) is 0. The van der Waals surface area contributed by atoms with E-state index in [4.69, 9.17) is 9.52 Å². The maximum absolute atomic E-state index is 13.4. The first-order valence-corrected chi connectivity index (χ1v) is 14.1. The van der Waals surface area contributed by atoms with E-state index in [1.165, 1.54) is 16.2 Å². The van der Waals surface area contributed by atoms with Gasteiger partial charge in [0.25, 0.3) is 0 Å². The highest BCUT2D eigenvalue weighted by Crippen LogP contribution is 2.68. The molecule has 2 saturated carbocycles. The number of furan rings is 1. The first kappa shape index (κ1) is 23.0. The number of carboxylic acid groups (broad SMARTS) is 1. The number of carbonyl (C=O) groups is 3. The van der Waals surface area contributed by atoms with Crippen LogP contribution in [0.5, 0.6) is 0 Å². The van der Waals surface area contributed by atoms with Crippen molar-refractivity contribution in [1.82, 2.24) is 9.88 Å². The lowest BCUT2D eigenvalue weighted by Gasteiger charge is -2.42. The molecular weight excluding hydrogens is 512 g/mol. The van der Waals surface area contributed by atoms with Gasteiger partial charge < -0.3 is 14.5 Å². The van der Waals surface area contributed by atoms with Crippen LogP contribution in [0.3, 0.4) is 0 Å². The van der Waals surface area contributed by atoms with Crippen molar-refractivity contribution in [2.24, 2.45) is 29.6 Å². The Morgan fingerprint density at radius 2 is 1.81 bits per heavy atom. The summed E-state index contributed by atoms with van der Waals surface area (Å²) in [4.78, 5) is 55.2. The normalized spacial score (nSPS) is 31.5. The molecule has 190 valence electrons. The smallest absolute Gasteiger partial charge is 0.305 e. The summed E-state index contributed by atoms with van der Waals surface area (Å²) < 4.78 is 6.43. The van der Waals surface area contributed by atoms with Gasteiger partial charge in [-0.2, -0.15) is 0 Å². The first-order valence-electron chi connectivity index (χ1n) is 12.5. The van der Waals surface area contributed by atoms with Crippen LogP contribution in [-0.4, -0.2) is 44.6 Å². The van der Waals surface area contributed by atoms with Crippen LogP contribution in [-0.2, 0) is 14.4 Å². The quantitative estimate of drug-likeness (QED) is 0.474. The van der Waals surface area contributed by atoms with Gasteiger partial charge in [0.05, 0.1) is 34.1 Å². The number of hydrogen-bond acceptors (Lipinski definition) is 7. The monoisotopic (exact) mass is 536 g/mol. The maximum Gasteiger partial charge on any atom is 0.305 e. The number of likely N-dealkylation sites (tertiary alicyclic amines) is 1. The largest absolute Gasteiger partial charge is 0.481 e. The number of rotatable bonds is 5. The van der Waals surface area contributed by atoms with Crippen molar-refractivity contribution in [3.8, 4) is 11.3 Å². The molecule has 3 aromatic rings. The number of imide groups is 1. The number of aryl methyl sites for hydroxylation is 1. The molecule has 4 aliphatic rings. The van der Waals surface area contributed by atoms with Crippen molar-refractivity contribution in [2.75, 3.05) is 6.54 Å². The predicted molar refractivity (Wildman–Crippen MR) is 136 cm³/mol. The third-order valence-corrected chi connectivity index (χ3v) is 11.2. The predicted octanol–water partition coefficient (Wildman–Crippen LogP) is 3.95. The number of thioether (sulfide) groups is 1. The van der Waals surface area contributed by atoms with E-state index < -0.39 is 17.8 Å². The van der Waals surface area contributed by atoms with Crippen LogP contribution in [0.15, 0.2) is 50.6 Å². The number of benzene rings is 1. The van der Waals surface area contributed by atoms with Gasteiger partial charge in [0.15, 0.2) is 0 Å². The molecule has 0 radical (unpaired) electrons. The van der Waals surface area contributed by atoms with Crippen LogP contribution in [0.2, 0.25) is 0 Å². The number of aromatic nitrogens is 1. The molecule has 37 heavy (non-hydrogen) atoms. The summed E-state index contributed by atoms with van der Waals surface area (Å²) in [5.41, 5.74) is 2.13. The number of hydrogen-bond donors (Lipinski definition) is 2. The Hall–Kier alpha value is -3.11. The number of amides is 2. The number of carboxylic acids is 1. The van der Waals surface area contributed by atoms with Gasteiger partial charge in [0, 0.05) is 17.4 Å². The van der Waals surface area contributed by atoms with Gasteiger partial charge in [-0.15, -0.1) is 11.8 Å². The Bertz CT molecular complexity index is 1500. The van der Waals surface area contributed by atoms with Crippen molar-refractivity contribution in [3.05, 3.63) is 62.3 Å². The summed E-state index contributed by atoms with van der Waals surface area (Å²) in [6, 6.07) is 12.1. The first-order chi connectivity index (χ1) is 17.8. The molecule has 10 heteroatoms. The number of fused-ring (bicyclic) bond motifs is 9. The number of nitrogens with zero attached hydrogens (tertiary/aromatic N) is 1. The van der Waals surface area contributed by atoms with Crippen LogP contribution >= 0.6 is 23.1 Å². The van der Waals surface area contributed by atoms with Crippen LogP contribution in [0.1, 0.15) is 35.0 Å². The zero-order chi connectivity index (χ0) is 25.6. The molecule has 0 spiro atoms. The van der Waals surface area contributed by atoms with Crippen molar-refractivity contribution in [3.63, 3.8) is 0 Å². The number of H-pyrrole nitrogens is 1. The minimum Gasteiger partial charge on any atom is -0.481 e. The second-order valence-electron chi connectivity index (χ2n) is 10.5. The number of aliphatic carboxylic acids is 1. The van der Waals surface area contributed by atoms with Crippen LogP contribution in [0, 0.1) is 36.5 Å². The second kappa shape index (κ2) is 8.19. The molecule has 4 heterocycles. The topological polar surface area (TPSA) is 121 Å².